The van der Waals surface area contributed by atoms with Crippen molar-refractivity contribution in [2.75, 3.05) is 27.3 Å². The number of aliphatic hydroxyl groups excluding tert-OH is 2. The number of benzene rings is 1. The van der Waals surface area contributed by atoms with E-state index < -0.39 is 57.5 Å². The molecule has 1 aromatic rings. The summed E-state index contributed by atoms with van der Waals surface area (Å²) < 4.78 is 13.2. The number of aliphatic hydroxyl groups is 2. The SMILES string of the molecule is CC(O)COC1(c2ccc(C(=O)O)c(C3(OCC(C)O)CC(C)(C)N(C)C(C)(C)C3)c2C(=O)O)CC(C)(C)N(C)C(C)(C)C1. The van der Waals surface area contributed by atoms with E-state index in [2.05, 4.69) is 37.5 Å². The van der Waals surface area contributed by atoms with Crippen LogP contribution in [0.5, 0.6) is 0 Å². The second-order valence-corrected chi connectivity index (χ2v) is 15.9. The summed E-state index contributed by atoms with van der Waals surface area (Å²) in [6.07, 6.45) is -0.283. The molecule has 2 saturated heterocycles. The third-order valence-electron chi connectivity index (χ3n) is 10.3. The fourth-order valence-corrected chi connectivity index (χ4v) is 8.17. The first-order chi connectivity index (χ1) is 19.8. The molecule has 44 heavy (non-hydrogen) atoms. The largest absolute Gasteiger partial charge is 0.478 e. The summed E-state index contributed by atoms with van der Waals surface area (Å²) in [6, 6.07) is 3.07. The predicted molar refractivity (Wildman–Crippen MR) is 169 cm³/mol. The van der Waals surface area contributed by atoms with Gasteiger partial charge in [0.2, 0.25) is 0 Å². The molecular formula is C34H56N2O8. The number of carbonyl (C=O) groups is 2. The zero-order chi connectivity index (χ0) is 33.8. The molecule has 0 aliphatic carbocycles. The van der Waals surface area contributed by atoms with Crippen LogP contribution in [0.15, 0.2) is 12.1 Å². The van der Waals surface area contributed by atoms with Crippen molar-refractivity contribution in [3.05, 3.63) is 34.4 Å². The number of rotatable bonds is 10. The van der Waals surface area contributed by atoms with Gasteiger partial charge < -0.3 is 29.9 Å². The monoisotopic (exact) mass is 620 g/mol. The predicted octanol–water partition coefficient (Wildman–Crippen LogP) is 4.83. The Balaban J connectivity index is 2.52. The van der Waals surface area contributed by atoms with Gasteiger partial charge >= 0.3 is 11.9 Å². The molecule has 0 saturated carbocycles. The Labute approximate surface area is 263 Å². The molecule has 10 heteroatoms. The molecule has 2 unspecified atom stereocenters. The minimum absolute atomic E-state index is 0.0283. The average molecular weight is 621 g/mol. The van der Waals surface area contributed by atoms with E-state index >= 15 is 0 Å². The third-order valence-corrected chi connectivity index (χ3v) is 10.3. The van der Waals surface area contributed by atoms with Crippen molar-refractivity contribution in [1.29, 1.82) is 0 Å². The van der Waals surface area contributed by atoms with E-state index in [1.807, 2.05) is 41.8 Å². The van der Waals surface area contributed by atoms with Crippen LogP contribution in [0.4, 0.5) is 0 Å². The summed E-state index contributed by atoms with van der Waals surface area (Å²) in [6.45, 7) is 19.5. The lowest BCUT2D eigenvalue weighted by atomic mass is 9.63. The fourth-order valence-electron chi connectivity index (χ4n) is 8.17. The molecule has 0 amide bonds. The highest BCUT2D eigenvalue weighted by molar-refractivity contribution is 5.98. The highest BCUT2D eigenvalue weighted by atomic mass is 16.5. The van der Waals surface area contributed by atoms with Gasteiger partial charge in [-0.1, -0.05) is 6.07 Å². The van der Waals surface area contributed by atoms with Crippen LogP contribution in [0.25, 0.3) is 0 Å². The van der Waals surface area contributed by atoms with Crippen molar-refractivity contribution >= 4 is 11.9 Å². The Morgan fingerprint density at radius 2 is 1.07 bits per heavy atom. The van der Waals surface area contributed by atoms with Crippen molar-refractivity contribution in [2.45, 2.75) is 140 Å². The van der Waals surface area contributed by atoms with Crippen LogP contribution >= 0.6 is 0 Å². The summed E-state index contributed by atoms with van der Waals surface area (Å²) in [5.74, 6) is -2.53. The van der Waals surface area contributed by atoms with E-state index in [0.29, 0.717) is 18.4 Å². The van der Waals surface area contributed by atoms with Gasteiger partial charge in [-0.3, -0.25) is 9.80 Å². The molecule has 3 rings (SSSR count). The Morgan fingerprint density at radius 3 is 1.41 bits per heavy atom. The molecule has 0 radical (unpaired) electrons. The van der Waals surface area contributed by atoms with Gasteiger partial charge in [0.15, 0.2) is 0 Å². The molecule has 4 N–H and O–H groups in total. The summed E-state index contributed by atoms with van der Waals surface area (Å²) in [4.78, 5) is 31.0. The maximum Gasteiger partial charge on any atom is 0.336 e. The molecule has 2 aliphatic heterocycles. The highest BCUT2D eigenvalue weighted by Gasteiger charge is 2.58. The molecule has 2 atom stereocenters. The number of ether oxygens (including phenoxy) is 2. The number of nitrogens with zero attached hydrogens (tertiary/aromatic N) is 2. The van der Waals surface area contributed by atoms with Gasteiger partial charge in [-0.05, 0) is 121 Å². The fraction of sp³-hybridized carbons (Fsp3) is 0.765. The molecule has 0 aromatic heterocycles. The van der Waals surface area contributed by atoms with Crippen molar-refractivity contribution in [3.63, 3.8) is 0 Å². The smallest absolute Gasteiger partial charge is 0.336 e. The van der Waals surface area contributed by atoms with Crippen LogP contribution < -0.4 is 0 Å². The van der Waals surface area contributed by atoms with Crippen molar-refractivity contribution < 1.29 is 39.5 Å². The minimum Gasteiger partial charge on any atom is -0.478 e. The standard InChI is InChI=1S/C34H56N2O8/c1-21(37)15-43-33(17-29(3,4)35(11)30(5,6)18-33)24-14-13-23(27(39)40)26(25(24)28(41)42)34(44-16-22(2)38)19-31(7,8)36(12)32(9,10)20-34/h13-14,21-22,37-38H,15-20H2,1-12H3,(H,39,40)(H,41,42). The van der Waals surface area contributed by atoms with Gasteiger partial charge in [-0.25, -0.2) is 9.59 Å². The molecule has 2 aliphatic rings. The lowest BCUT2D eigenvalue weighted by Crippen LogP contribution is -2.64. The summed E-state index contributed by atoms with van der Waals surface area (Å²) in [5.41, 5.74) is -4.30. The van der Waals surface area contributed by atoms with Crippen molar-refractivity contribution in [1.82, 2.24) is 9.80 Å². The van der Waals surface area contributed by atoms with Crippen molar-refractivity contribution in [3.8, 4) is 0 Å². The highest BCUT2D eigenvalue weighted by Crippen LogP contribution is 2.55. The van der Waals surface area contributed by atoms with E-state index in [0.717, 1.165) is 0 Å². The molecule has 0 spiro atoms. The topological polar surface area (TPSA) is 140 Å². The van der Waals surface area contributed by atoms with E-state index in [9.17, 15) is 30.0 Å². The van der Waals surface area contributed by atoms with Crippen LogP contribution in [-0.4, -0.2) is 104 Å². The quantitative estimate of drug-likeness (QED) is 0.287. The maximum atomic E-state index is 13.6. The van der Waals surface area contributed by atoms with Crippen LogP contribution in [0.3, 0.4) is 0 Å². The van der Waals surface area contributed by atoms with Crippen LogP contribution in [0.2, 0.25) is 0 Å². The lowest BCUT2D eigenvalue weighted by Gasteiger charge is -2.59. The van der Waals surface area contributed by atoms with Gasteiger partial charge in [0.25, 0.3) is 0 Å². The van der Waals surface area contributed by atoms with Crippen molar-refractivity contribution in [2.24, 2.45) is 0 Å². The van der Waals surface area contributed by atoms with Gasteiger partial charge in [-0.2, -0.15) is 0 Å². The third kappa shape index (κ3) is 6.71. The number of hydrogen-bond donors (Lipinski definition) is 4. The van der Waals surface area contributed by atoms with E-state index in [4.69, 9.17) is 9.47 Å². The molecule has 2 heterocycles. The van der Waals surface area contributed by atoms with E-state index in [1.54, 1.807) is 19.9 Å². The van der Waals surface area contributed by atoms with E-state index in [1.165, 1.54) is 6.07 Å². The van der Waals surface area contributed by atoms with Gasteiger partial charge in [-0.15, -0.1) is 0 Å². The Kier molecular flexibility index (Phi) is 9.87. The Hall–Kier alpha value is -2.08. The zero-order valence-electron chi connectivity index (χ0n) is 28.9. The zero-order valence-corrected chi connectivity index (χ0v) is 28.9. The van der Waals surface area contributed by atoms with Crippen LogP contribution in [0.1, 0.15) is 127 Å². The summed E-state index contributed by atoms with van der Waals surface area (Å²) in [5, 5.41) is 42.4. The molecule has 250 valence electrons. The number of carboxylic acid groups (broad SMARTS) is 2. The second-order valence-electron chi connectivity index (χ2n) is 15.9. The molecular weight excluding hydrogens is 564 g/mol. The van der Waals surface area contributed by atoms with Crippen LogP contribution in [0, 0.1) is 0 Å². The maximum absolute atomic E-state index is 13.6. The Morgan fingerprint density at radius 1 is 0.705 bits per heavy atom. The second kappa shape index (κ2) is 11.9. The molecule has 1 aromatic carbocycles. The van der Waals surface area contributed by atoms with Gasteiger partial charge in [0, 0.05) is 27.7 Å². The normalized spacial score (nSPS) is 25.2. The average Bonchev–Trinajstić information content (AvgIpc) is 2.86. The Bertz CT molecular complexity index is 1210. The first-order valence-corrected chi connectivity index (χ1v) is 15.6. The first-order valence-electron chi connectivity index (χ1n) is 15.6. The van der Waals surface area contributed by atoms with Gasteiger partial charge in [0.05, 0.1) is 47.8 Å². The summed E-state index contributed by atoms with van der Waals surface area (Å²) in [7, 11) is 4.05. The number of hydrogen-bond acceptors (Lipinski definition) is 8. The van der Waals surface area contributed by atoms with Gasteiger partial charge in [0.1, 0.15) is 0 Å². The number of likely N-dealkylation sites (tertiary alicyclic amines) is 2. The summed E-state index contributed by atoms with van der Waals surface area (Å²) >= 11 is 0. The first kappa shape index (κ1) is 36.4. The van der Waals surface area contributed by atoms with E-state index in [-0.39, 0.29) is 42.7 Å². The molecule has 2 fully saturated rings. The van der Waals surface area contributed by atoms with Crippen LogP contribution in [-0.2, 0) is 20.7 Å². The molecule has 10 nitrogen and oxygen atoms in total. The lowest BCUT2D eigenvalue weighted by molar-refractivity contribution is -0.176. The number of aromatic carboxylic acids is 2. The number of piperidine rings is 2. The minimum atomic E-state index is -1.37. The molecule has 0 bridgehead atoms. The number of carboxylic acids is 2.